The molecular weight excluding hydrogens is 384 g/mol. The summed E-state index contributed by atoms with van der Waals surface area (Å²) in [6.45, 7) is 4.27. The van der Waals surface area contributed by atoms with Crippen molar-refractivity contribution in [3.8, 4) is 11.3 Å². The first-order valence-electron chi connectivity index (χ1n) is 9.37. The number of hydrogen-bond acceptors (Lipinski definition) is 5. The largest absolute Gasteiger partial charge is 0.422 e. The average molecular weight is 404 g/mol. The van der Waals surface area contributed by atoms with E-state index in [1.165, 1.54) is 16.9 Å². The predicted octanol–water partition coefficient (Wildman–Crippen LogP) is 5.22. The molecule has 0 aliphatic rings. The number of aromatic nitrogens is 1. The fourth-order valence-corrected chi connectivity index (χ4v) is 3.79. The standard InChI is InChI=1S/C23H20N2O3S/c1-14(2)16-9-7-15(8-10-16)11-21(26)25-23-24-19(13-29-23)18-12-17-5-3-4-6-20(17)28-22(18)27/h3-10,12-14H,11H2,1-2H3,(H,24,25,26). The van der Waals surface area contributed by atoms with Crippen LogP contribution in [0.2, 0.25) is 0 Å². The Morgan fingerprint density at radius 3 is 2.66 bits per heavy atom. The summed E-state index contributed by atoms with van der Waals surface area (Å²) in [5, 5.41) is 5.83. The van der Waals surface area contributed by atoms with Crippen molar-refractivity contribution in [2.45, 2.75) is 26.2 Å². The van der Waals surface area contributed by atoms with Gasteiger partial charge < -0.3 is 9.73 Å². The van der Waals surface area contributed by atoms with Crippen LogP contribution in [0.3, 0.4) is 0 Å². The number of fused-ring (bicyclic) bond motifs is 1. The SMILES string of the molecule is CC(C)c1ccc(CC(=O)Nc2nc(-c3cc4ccccc4oc3=O)cs2)cc1. The first-order valence-corrected chi connectivity index (χ1v) is 10.2. The Hall–Kier alpha value is -3.25. The molecule has 0 spiro atoms. The van der Waals surface area contributed by atoms with E-state index in [0.717, 1.165) is 10.9 Å². The van der Waals surface area contributed by atoms with Crippen molar-refractivity contribution in [2.24, 2.45) is 0 Å². The zero-order valence-electron chi connectivity index (χ0n) is 16.1. The normalized spacial score (nSPS) is 11.1. The maximum Gasteiger partial charge on any atom is 0.345 e. The molecule has 0 aliphatic heterocycles. The molecule has 0 radical (unpaired) electrons. The minimum Gasteiger partial charge on any atom is -0.422 e. The van der Waals surface area contributed by atoms with Gasteiger partial charge in [-0.3, -0.25) is 4.79 Å². The Bertz CT molecular complexity index is 1220. The highest BCUT2D eigenvalue weighted by Crippen LogP contribution is 2.25. The van der Waals surface area contributed by atoms with Gasteiger partial charge in [-0.15, -0.1) is 11.3 Å². The fraction of sp³-hybridized carbons (Fsp3) is 0.174. The number of benzene rings is 2. The molecule has 29 heavy (non-hydrogen) atoms. The molecule has 0 saturated heterocycles. The Labute approximate surface area is 172 Å². The highest BCUT2D eigenvalue weighted by atomic mass is 32.1. The van der Waals surface area contributed by atoms with E-state index in [4.69, 9.17) is 4.42 Å². The zero-order chi connectivity index (χ0) is 20.4. The second kappa shape index (κ2) is 8.01. The summed E-state index contributed by atoms with van der Waals surface area (Å²) in [5.41, 5.74) is 3.15. The molecule has 0 fully saturated rings. The minimum atomic E-state index is -0.447. The molecule has 5 nitrogen and oxygen atoms in total. The summed E-state index contributed by atoms with van der Waals surface area (Å²) in [5.74, 6) is 0.313. The van der Waals surface area contributed by atoms with Gasteiger partial charge in [0.25, 0.3) is 0 Å². The number of anilines is 1. The molecule has 2 aromatic heterocycles. The van der Waals surface area contributed by atoms with E-state index in [2.05, 4.69) is 24.1 Å². The third-order valence-corrected chi connectivity index (χ3v) is 5.44. The van der Waals surface area contributed by atoms with Gasteiger partial charge in [0.1, 0.15) is 5.58 Å². The summed E-state index contributed by atoms with van der Waals surface area (Å²) in [4.78, 5) is 29.0. The van der Waals surface area contributed by atoms with Gasteiger partial charge in [0.2, 0.25) is 5.91 Å². The fourth-order valence-electron chi connectivity index (χ4n) is 3.06. The molecule has 146 valence electrons. The number of nitrogens with zero attached hydrogens (tertiary/aromatic N) is 1. The van der Waals surface area contributed by atoms with Crippen LogP contribution in [0, 0.1) is 0 Å². The lowest BCUT2D eigenvalue weighted by Crippen LogP contribution is -2.14. The maximum absolute atomic E-state index is 12.4. The first kappa shape index (κ1) is 19.1. The van der Waals surface area contributed by atoms with Gasteiger partial charge in [0.15, 0.2) is 5.13 Å². The molecule has 6 heteroatoms. The van der Waals surface area contributed by atoms with Crippen LogP contribution in [0.4, 0.5) is 5.13 Å². The quantitative estimate of drug-likeness (QED) is 0.463. The third kappa shape index (κ3) is 4.27. The Balaban J connectivity index is 1.48. The van der Waals surface area contributed by atoms with Gasteiger partial charge >= 0.3 is 5.63 Å². The lowest BCUT2D eigenvalue weighted by atomic mass is 10.0. The molecule has 2 aromatic carbocycles. The summed E-state index contributed by atoms with van der Waals surface area (Å²) < 4.78 is 5.36. The molecule has 0 bridgehead atoms. The number of hydrogen-bond donors (Lipinski definition) is 1. The topological polar surface area (TPSA) is 72.2 Å². The smallest absolute Gasteiger partial charge is 0.345 e. The number of para-hydroxylation sites is 1. The molecule has 0 atom stereocenters. The Kier molecular flexibility index (Phi) is 5.27. The first-order chi connectivity index (χ1) is 14.0. The van der Waals surface area contributed by atoms with Crippen LogP contribution in [-0.4, -0.2) is 10.9 Å². The predicted molar refractivity (Wildman–Crippen MR) is 116 cm³/mol. The van der Waals surface area contributed by atoms with Crippen LogP contribution < -0.4 is 10.9 Å². The summed E-state index contributed by atoms with van der Waals surface area (Å²) in [6.07, 6.45) is 0.269. The second-order valence-electron chi connectivity index (χ2n) is 7.14. The van der Waals surface area contributed by atoms with E-state index >= 15 is 0 Å². The second-order valence-corrected chi connectivity index (χ2v) is 8.00. The van der Waals surface area contributed by atoms with E-state index in [1.807, 2.05) is 42.5 Å². The van der Waals surface area contributed by atoms with Crippen LogP contribution in [0.15, 0.2) is 69.2 Å². The van der Waals surface area contributed by atoms with Gasteiger partial charge in [0, 0.05) is 10.8 Å². The third-order valence-electron chi connectivity index (χ3n) is 4.68. The van der Waals surface area contributed by atoms with Gasteiger partial charge in [0.05, 0.1) is 17.7 Å². The van der Waals surface area contributed by atoms with Crippen molar-refractivity contribution in [1.29, 1.82) is 0 Å². The molecule has 0 aliphatic carbocycles. The number of carbonyl (C=O) groups is 1. The van der Waals surface area contributed by atoms with Gasteiger partial charge in [-0.1, -0.05) is 56.3 Å². The van der Waals surface area contributed by atoms with E-state index in [9.17, 15) is 9.59 Å². The van der Waals surface area contributed by atoms with E-state index in [0.29, 0.717) is 27.9 Å². The molecule has 0 saturated carbocycles. The van der Waals surface area contributed by atoms with Gasteiger partial charge in [-0.25, -0.2) is 9.78 Å². The Morgan fingerprint density at radius 1 is 1.14 bits per heavy atom. The van der Waals surface area contributed by atoms with Crippen molar-refractivity contribution < 1.29 is 9.21 Å². The highest BCUT2D eigenvalue weighted by Gasteiger charge is 2.13. The van der Waals surface area contributed by atoms with Crippen molar-refractivity contribution in [2.75, 3.05) is 5.32 Å². The van der Waals surface area contributed by atoms with Crippen LogP contribution in [0.1, 0.15) is 30.9 Å². The highest BCUT2D eigenvalue weighted by molar-refractivity contribution is 7.14. The molecule has 4 rings (SSSR count). The maximum atomic E-state index is 12.4. The number of carbonyl (C=O) groups excluding carboxylic acids is 1. The van der Waals surface area contributed by atoms with Crippen molar-refractivity contribution in [3.05, 3.63) is 81.5 Å². The molecule has 1 amide bonds. The van der Waals surface area contributed by atoms with Gasteiger partial charge in [-0.2, -0.15) is 0 Å². The molecule has 0 unspecified atom stereocenters. The zero-order valence-corrected chi connectivity index (χ0v) is 17.0. The average Bonchev–Trinajstić information content (AvgIpc) is 3.15. The lowest BCUT2D eigenvalue weighted by Gasteiger charge is -2.06. The van der Waals surface area contributed by atoms with Crippen molar-refractivity contribution in [3.63, 3.8) is 0 Å². The Morgan fingerprint density at radius 2 is 1.90 bits per heavy atom. The molecule has 4 aromatic rings. The van der Waals surface area contributed by atoms with Crippen LogP contribution >= 0.6 is 11.3 Å². The van der Waals surface area contributed by atoms with Crippen molar-refractivity contribution >= 4 is 33.3 Å². The molecule has 1 N–H and O–H groups in total. The summed E-state index contributed by atoms with van der Waals surface area (Å²) >= 11 is 1.28. The van der Waals surface area contributed by atoms with Gasteiger partial charge in [-0.05, 0) is 29.2 Å². The summed E-state index contributed by atoms with van der Waals surface area (Å²) in [7, 11) is 0. The van der Waals surface area contributed by atoms with Crippen LogP contribution in [0.5, 0.6) is 0 Å². The van der Waals surface area contributed by atoms with Crippen LogP contribution in [-0.2, 0) is 11.2 Å². The minimum absolute atomic E-state index is 0.145. The number of thiazole rings is 1. The van der Waals surface area contributed by atoms with E-state index < -0.39 is 5.63 Å². The molecular formula is C23H20N2O3S. The monoisotopic (exact) mass is 404 g/mol. The lowest BCUT2D eigenvalue weighted by molar-refractivity contribution is -0.115. The van der Waals surface area contributed by atoms with E-state index in [1.54, 1.807) is 17.5 Å². The van der Waals surface area contributed by atoms with Crippen LogP contribution in [0.25, 0.3) is 22.2 Å². The molecule has 2 heterocycles. The number of rotatable bonds is 5. The number of amides is 1. The number of nitrogens with one attached hydrogen (secondary N) is 1. The van der Waals surface area contributed by atoms with E-state index in [-0.39, 0.29) is 12.3 Å². The van der Waals surface area contributed by atoms with Crippen molar-refractivity contribution in [1.82, 2.24) is 4.98 Å². The summed E-state index contributed by atoms with van der Waals surface area (Å²) in [6, 6.07) is 17.1.